The second kappa shape index (κ2) is 4.31. The first-order chi connectivity index (χ1) is 7.60. The third-order valence-corrected chi connectivity index (χ3v) is 0.694. The van der Waals surface area contributed by atoms with Gasteiger partial charge < -0.3 is 5.31 Å². The molecule has 0 saturated carbocycles. The average Bonchev–Trinajstić information content (AvgIpc) is 2.13. The molecule has 0 bridgehead atoms. The number of hydrogen-bond acceptors (Lipinski definition) is 1. The van der Waals surface area contributed by atoms with Gasteiger partial charge in [-0.1, -0.05) is 13.8 Å². The van der Waals surface area contributed by atoms with Crippen LogP contribution in [0, 0.1) is 5.89 Å². The summed E-state index contributed by atoms with van der Waals surface area (Å²) in [4.78, 5) is 11.1. The van der Waals surface area contributed by atoms with Crippen molar-refractivity contribution in [3.63, 3.8) is 0 Å². The molecule has 0 radical (unpaired) electrons. The summed E-state index contributed by atoms with van der Waals surface area (Å²) in [5.74, 6) is -3.54. The molecule has 2 atom stereocenters. The van der Waals surface area contributed by atoms with Gasteiger partial charge in [-0.25, -0.2) is 0 Å². The third-order valence-electron chi connectivity index (χ3n) is 0.694. The molecule has 60 valence electrons. The number of carbonyl (C=O) groups is 1. The van der Waals surface area contributed by atoms with Gasteiger partial charge in [0.05, 0.1) is 1.37 Å². The summed E-state index contributed by atoms with van der Waals surface area (Å²) in [6.45, 7) is -0.288. The SMILES string of the molecule is [2H]N(C(C)=O)[C@]([2H])(C)C([2H])([2H])C([2H])(C)C([2H])([2H])[2H]. The maximum atomic E-state index is 11.1. The lowest BCUT2D eigenvalue weighted by Gasteiger charge is -2.13. The maximum Gasteiger partial charge on any atom is 0.217 e. The van der Waals surface area contributed by atoms with Crippen LogP contribution in [-0.2, 0) is 4.79 Å². The molecular weight excluding hydrogens is 126 g/mol. The molecule has 0 fully saturated rings. The lowest BCUT2D eigenvalue weighted by Crippen LogP contribution is -2.31. The quantitative estimate of drug-likeness (QED) is 0.651. The largest absolute Gasteiger partial charge is 0.354 e. The van der Waals surface area contributed by atoms with E-state index in [0.29, 0.717) is 0 Å². The van der Waals surface area contributed by atoms with E-state index in [1.165, 1.54) is 0 Å². The zero-order valence-electron chi connectivity index (χ0n) is 14.4. The summed E-state index contributed by atoms with van der Waals surface area (Å²) in [7, 11) is 0. The molecule has 0 aromatic carbocycles. The smallest absolute Gasteiger partial charge is 0.217 e. The van der Waals surface area contributed by atoms with Crippen molar-refractivity contribution >= 4 is 5.91 Å². The Kier molecular flexibility index (Phi) is 1.08. The second-order valence-corrected chi connectivity index (χ2v) is 1.97. The molecular formula is C8H17NO. The van der Waals surface area contributed by atoms with E-state index in [-0.39, 0.29) is 5.31 Å². The Bertz CT molecular complexity index is 334. The number of carbonyl (C=O) groups excluding carboxylic acids is 1. The predicted molar refractivity (Wildman–Crippen MR) is 42.7 cm³/mol. The fraction of sp³-hybridized carbons (Fsp3) is 0.875. The number of amides is 1. The van der Waals surface area contributed by atoms with Gasteiger partial charge >= 0.3 is 0 Å². The molecule has 0 aliphatic rings. The van der Waals surface area contributed by atoms with Gasteiger partial charge in [0.1, 0.15) is 0 Å². The molecule has 0 aromatic heterocycles. The van der Waals surface area contributed by atoms with Crippen molar-refractivity contribution < 1.29 is 15.8 Å². The molecule has 0 aliphatic carbocycles. The molecule has 0 spiro atoms. The highest BCUT2D eigenvalue weighted by Gasteiger charge is 2.04. The van der Waals surface area contributed by atoms with Crippen LogP contribution in [-0.4, -0.2) is 11.9 Å². The predicted octanol–water partition coefficient (Wildman–Crippen LogP) is 1.56. The Morgan fingerprint density at radius 2 is 2.60 bits per heavy atom. The van der Waals surface area contributed by atoms with E-state index in [2.05, 4.69) is 0 Å². The van der Waals surface area contributed by atoms with Gasteiger partial charge in [0.2, 0.25) is 5.91 Å². The lowest BCUT2D eigenvalue weighted by atomic mass is 10.1. The molecule has 1 unspecified atom stereocenters. The van der Waals surface area contributed by atoms with E-state index in [1.54, 1.807) is 0 Å². The van der Waals surface area contributed by atoms with E-state index in [4.69, 9.17) is 11.0 Å². The van der Waals surface area contributed by atoms with E-state index < -0.39 is 31.0 Å². The summed E-state index contributed by atoms with van der Waals surface area (Å²) in [6, 6.07) is -2.50. The standard InChI is InChI=1S/C8H17NO/c1-6(2)5-7(3)9-8(4)10/h6-7H,5H2,1-4H3,(H,9,10)/t7-/m1/s1/i1D3,5D2,6D,7D/hD/t6?,7-. The molecule has 0 heterocycles. The topological polar surface area (TPSA) is 29.1 Å². The highest BCUT2D eigenvalue weighted by Crippen LogP contribution is 2.02. The Morgan fingerprint density at radius 1 is 2.00 bits per heavy atom. The first kappa shape index (κ1) is 2.50. The second-order valence-electron chi connectivity index (χ2n) is 1.97. The van der Waals surface area contributed by atoms with Crippen molar-refractivity contribution in [2.24, 2.45) is 5.89 Å². The molecule has 0 rings (SSSR count). The monoisotopic (exact) mass is 151 g/mol. The number of nitrogens with one attached hydrogen (secondary N) is 1. The van der Waals surface area contributed by atoms with Gasteiger partial charge in [-0.2, -0.15) is 0 Å². The molecule has 0 aliphatic heterocycles. The van der Waals surface area contributed by atoms with Gasteiger partial charge in [0.15, 0.2) is 1.41 Å². The van der Waals surface area contributed by atoms with Gasteiger partial charge in [-0.3, -0.25) is 4.79 Å². The Labute approximate surface area is 74.3 Å². The van der Waals surface area contributed by atoms with Crippen LogP contribution in [0.25, 0.3) is 0 Å². The van der Waals surface area contributed by atoms with Crippen LogP contribution in [0.3, 0.4) is 0 Å². The van der Waals surface area contributed by atoms with Crippen LogP contribution in [0.15, 0.2) is 0 Å². The fourth-order valence-electron chi connectivity index (χ4n) is 0.535. The molecule has 1 amide bonds. The first-order valence-electron chi connectivity index (χ1n) is 6.85. The van der Waals surface area contributed by atoms with E-state index in [0.717, 1.165) is 20.8 Å². The van der Waals surface area contributed by atoms with Crippen LogP contribution < -0.4 is 5.31 Å². The Balaban J connectivity index is 5.71. The lowest BCUT2D eigenvalue weighted by molar-refractivity contribution is -0.119. The van der Waals surface area contributed by atoms with Crippen molar-refractivity contribution in [1.82, 2.24) is 5.31 Å². The molecule has 0 saturated heterocycles. The minimum Gasteiger partial charge on any atom is -0.354 e. The molecule has 1 N–H and O–H groups in total. The summed E-state index contributed by atoms with van der Waals surface area (Å²) >= 11 is 0. The Hall–Kier alpha value is -0.530. The van der Waals surface area contributed by atoms with Crippen LogP contribution in [0.5, 0.6) is 0 Å². The van der Waals surface area contributed by atoms with Gasteiger partial charge in [-0.05, 0) is 19.2 Å². The summed E-state index contributed by atoms with van der Waals surface area (Å²) < 4.78 is 59.8. The summed E-state index contributed by atoms with van der Waals surface area (Å²) in [5.41, 5.74) is 0. The average molecular weight is 151 g/mol. The van der Waals surface area contributed by atoms with Crippen LogP contribution in [0.1, 0.15) is 43.6 Å². The maximum absolute atomic E-state index is 11.1. The highest BCUT2D eigenvalue weighted by molar-refractivity contribution is 5.73. The molecule has 2 heteroatoms. The number of rotatable bonds is 3. The van der Waals surface area contributed by atoms with E-state index in [9.17, 15) is 4.79 Å². The molecule has 2 nitrogen and oxygen atoms in total. The molecule has 0 aromatic rings. The minimum absolute atomic E-state index is 0.0472. The first-order valence-corrected chi connectivity index (χ1v) is 2.90. The van der Waals surface area contributed by atoms with Gasteiger partial charge in [-0.15, -0.1) is 0 Å². The Morgan fingerprint density at radius 3 is 3.00 bits per heavy atom. The normalized spacial score (nSPS) is 36.7. The van der Waals surface area contributed by atoms with Crippen LogP contribution in [0.2, 0.25) is 1.41 Å². The van der Waals surface area contributed by atoms with Gasteiger partial charge in [0.25, 0.3) is 0 Å². The van der Waals surface area contributed by atoms with Crippen LogP contribution in [0.4, 0.5) is 0 Å². The van der Waals surface area contributed by atoms with Crippen LogP contribution >= 0.6 is 0 Å². The molecule has 10 heavy (non-hydrogen) atoms. The zero-order valence-corrected chi connectivity index (χ0v) is 6.36. The number of hydrogen-bond donors (Lipinski definition) is 1. The fourth-order valence-corrected chi connectivity index (χ4v) is 0.535. The highest BCUT2D eigenvalue weighted by atomic mass is 16.1. The zero-order chi connectivity index (χ0) is 15.2. The van der Waals surface area contributed by atoms with Crippen molar-refractivity contribution in [3.05, 3.63) is 0 Å². The van der Waals surface area contributed by atoms with E-state index >= 15 is 0 Å². The summed E-state index contributed by atoms with van der Waals surface area (Å²) in [5, 5.41) is 0.0472. The van der Waals surface area contributed by atoms with Crippen molar-refractivity contribution in [2.45, 2.75) is 40.0 Å². The summed E-state index contributed by atoms with van der Waals surface area (Å²) in [6.07, 6.45) is -2.93. The van der Waals surface area contributed by atoms with Crippen molar-refractivity contribution in [3.8, 4) is 0 Å². The van der Waals surface area contributed by atoms with Gasteiger partial charge in [0, 0.05) is 21.2 Å². The minimum atomic E-state index is -2.99. The van der Waals surface area contributed by atoms with E-state index in [1.807, 2.05) is 0 Å². The van der Waals surface area contributed by atoms with Crippen molar-refractivity contribution in [2.75, 3.05) is 0 Å². The van der Waals surface area contributed by atoms with Crippen molar-refractivity contribution in [1.29, 1.82) is 0 Å². The third kappa shape index (κ3) is 5.60.